The van der Waals surface area contributed by atoms with Gasteiger partial charge in [0.15, 0.2) is 6.10 Å². The molecule has 22 heavy (non-hydrogen) atoms. The summed E-state index contributed by atoms with van der Waals surface area (Å²) in [5.41, 5.74) is -0.195. The van der Waals surface area contributed by atoms with Crippen molar-refractivity contribution in [3.63, 3.8) is 0 Å². The Morgan fingerprint density at radius 2 is 2.09 bits per heavy atom. The Morgan fingerprint density at radius 3 is 2.86 bits per heavy atom. The molecule has 0 radical (unpaired) electrons. The molecule has 0 spiro atoms. The van der Waals surface area contributed by atoms with Crippen LogP contribution in [0.3, 0.4) is 0 Å². The van der Waals surface area contributed by atoms with E-state index in [9.17, 15) is 14.4 Å². The summed E-state index contributed by atoms with van der Waals surface area (Å²) in [5.74, 6) is -1.51. The van der Waals surface area contributed by atoms with Crippen LogP contribution < -0.4 is 5.56 Å². The van der Waals surface area contributed by atoms with Crippen LogP contribution in [0.5, 0.6) is 0 Å². The normalized spacial score (nSPS) is 18.4. The summed E-state index contributed by atoms with van der Waals surface area (Å²) in [6.45, 7) is 0.404. The maximum absolute atomic E-state index is 12.5. The number of ether oxygens (including phenoxy) is 1. The van der Waals surface area contributed by atoms with Gasteiger partial charge in [-0.25, -0.2) is 4.79 Å². The lowest BCUT2D eigenvalue weighted by Gasteiger charge is -2.30. The van der Waals surface area contributed by atoms with Gasteiger partial charge >= 0.3 is 5.97 Å². The molecule has 1 amide bonds. The second kappa shape index (κ2) is 5.61. The first-order chi connectivity index (χ1) is 10.6. The molecule has 7 heteroatoms. The number of aromatic amines is 1. The Balaban J connectivity index is 1.92. The van der Waals surface area contributed by atoms with Crippen molar-refractivity contribution in [2.75, 3.05) is 19.7 Å². The zero-order valence-corrected chi connectivity index (χ0v) is 11.6. The third kappa shape index (κ3) is 2.58. The first-order valence-corrected chi connectivity index (χ1v) is 6.82. The number of nitrogens with one attached hydrogen (secondary N) is 1. The Bertz CT molecular complexity index is 798. The molecule has 2 heterocycles. The maximum atomic E-state index is 12.5. The molecule has 2 aromatic rings. The summed E-state index contributed by atoms with van der Waals surface area (Å²) in [6, 6.07) is 8.56. The first kappa shape index (κ1) is 14.3. The predicted molar refractivity (Wildman–Crippen MR) is 77.8 cm³/mol. The van der Waals surface area contributed by atoms with Crippen LogP contribution in [0, 0.1) is 0 Å². The number of carbonyl (C=O) groups is 2. The average molecular weight is 302 g/mol. The maximum Gasteiger partial charge on any atom is 0.334 e. The fraction of sp³-hybridized carbons (Fsp3) is 0.267. The molecular formula is C15H14N2O5. The van der Waals surface area contributed by atoms with Crippen LogP contribution in [0.4, 0.5) is 0 Å². The summed E-state index contributed by atoms with van der Waals surface area (Å²) >= 11 is 0. The monoisotopic (exact) mass is 302 g/mol. The minimum Gasteiger partial charge on any atom is -0.479 e. The van der Waals surface area contributed by atoms with Gasteiger partial charge in [-0.15, -0.1) is 0 Å². The quantitative estimate of drug-likeness (QED) is 0.839. The minimum atomic E-state index is -1.11. The number of morpholine rings is 1. The molecule has 2 N–H and O–H groups in total. The lowest BCUT2D eigenvalue weighted by molar-refractivity contribution is -0.154. The number of hydrogen-bond acceptors (Lipinski definition) is 4. The number of amides is 1. The number of hydrogen-bond donors (Lipinski definition) is 2. The van der Waals surface area contributed by atoms with Crippen molar-refractivity contribution in [1.82, 2.24) is 9.88 Å². The molecule has 1 unspecified atom stereocenters. The lowest BCUT2D eigenvalue weighted by Crippen LogP contribution is -2.48. The van der Waals surface area contributed by atoms with Crippen LogP contribution in [0.15, 0.2) is 35.1 Å². The number of H-pyrrole nitrogens is 1. The van der Waals surface area contributed by atoms with Crippen LogP contribution in [0.25, 0.3) is 10.8 Å². The molecule has 7 nitrogen and oxygen atoms in total. The van der Waals surface area contributed by atoms with E-state index in [1.807, 2.05) is 0 Å². The number of aliphatic carboxylic acids is 1. The van der Waals surface area contributed by atoms with E-state index in [1.54, 1.807) is 30.3 Å². The summed E-state index contributed by atoms with van der Waals surface area (Å²) in [4.78, 5) is 39.4. The number of pyridine rings is 1. The van der Waals surface area contributed by atoms with E-state index in [-0.39, 0.29) is 30.9 Å². The van der Waals surface area contributed by atoms with Crippen molar-refractivity contribution in [1.29, 1.82) is 0 Å². The summed E-state index contributed by atoms with van der Waals surface area (Å²) in [6.07, 6.45) is -1.04. The van der Waals surface area contributed by atoms with Gasteiger partial charge in [0.05, 0.1) is 13.2 Å². The third-order valence-corrected chi connectivity index (χ3v) is 3.61. The van der Waals surface area contributed by atoms with Gasteiger partial charge < -0.3 is 19.7 Å². The number of carboxylic acids is 1. The standard InChI is InChI=1S/C15H14N2O5/c18-13-10-4-2-1-3-9(10)7-11(16-13)14(19)17-5-6-22-12(8-17)15(20)21/h1-4,7,12H,5-6,8H2,(H,16,18)(H,20,21). The molecule has 1 saturated heterocycles. The summed E-state index contributed by atoms with van der Waals surface area (Å²) in [5, 5.41) is 10.1. The van der Waals surface area contributed by atoms with E-state index in [0.29, 0.717) is 10.8 Å². The molecule has 1 aromatic heterocycles. The first-order valence-electron chi connectivity index (χ1n) is 6.82. The van der Waals surface area contributed by atoms with Gasteiger partial charge in [-0.05, 0) is 17.5 Å². The summed E-state index contributed by atoms with van der Waals surface area (Å²) < 4.78 is 5.08. The van der Waals surface area contributed by atoms with Crippen molar-refractivity contribution in [2.45, 2.75) is 6.10 Å². The van der Waals surface area contributed by atoms with Crippen molar-refractivity contribution in [3.8, 4) is 0 Å². The minimum absolute atomic E-state index is 0.0387. The van der Waals surface area contributed by atoms with Crippen molar-refractivity contribution in [3.05, 3.63) is 46.4 Å². The molecule has 1 aliphatic rings. The number of rotatable bonds is 2. The number of benzene rings is 1. The van der Waals surface area contributed by atoms with Gasteiger partial charge in [0.25, 0.3) is 11.5 Å². The number of carboxylic acid groups (broad SMARTS) is 1. The van der Waals surface area contributed by atoms with Gasteiger partial charge in [0, 0.05) is 11.9 Å². The molecule has 0 bridgehead atoms. The van der Waals surface area contributed by atoms with E-state index in [4.69, 9.17) is 9.84 Å². The van der Waals surface area contributed by atoms with E-state index in [1.165, 1.54) is 4.90 Å². The van der Waals surface area contributed by atoms with E-state index >= 15 is 0 Å². The molecule has 1 fully saturated rings. The van der Waals surface area contributed by atoms with Crippen molar-refractivity contribution >= 4 is 22.6 Å². The highest BCUT2D eigenvalue weighted by Gasteiger charge is 2.29. The average Bonchev–Trinajstić information content (AvgIpc) is 2.54. The topological polar surface area (TPSA) is 99.7 Å². The molecule has 1 aromatic carbocycles. The Morgan fingerprint density at radius 1 is 1.32 bits per heavy atom. The lowest BCUT2D eigenvalue weighted by atomic mass is 10.1. The van der Waals surface area contributed by atoms with Gasteiger partial charge in [0.2, 0.25) is 0 Å². The zero-order valence-electron chi connectivity index (χ0n) is 11.6. The largest absolute Gasteiger partial charge is 0.479 e. The van der Waals surface area contributed by atoms with Crippen molar-refractivity contribution in [2.24, 2.45) is 0 Å². The molecule has 3 rings (SSSR count). The molecule has 1 aliphatic heterocycles. The predicted octanol–water partition coefficient (Wildman–Crippen LogP) is 0.454. The van der Waals surface area contributed by atoms with E-state index in [2.05, 4.69) is 4.98 Å². The van der Waals surface area contributed by atoms with Crippen LogP contribution in [0.2, 0.25) is 0 Å². The van der Waals surface area contributed by atoms with Gasteiger partial charge in [-0.1, -0.05) is 18.2 Å². The van der Waals surface area contributed by atoms with Crippen LogP contribution >= 0.6 is 0 Å². The molecule has 0 saturated carbocycles. The highest BCUT2D eigenvalue weighted by molar-refractivity contribution is 5.96. The Labute approximate surface area is 125 Å². The van der Waals surface area contributed by atoms with Crippen LogP contribution in [-0.4, -0.2) is 52.7 Å². The second-order valence-electron chi connectivity index (χ2n) is 5.05. The number of fused-ring (bicyclic) bond motifs is 1. The van der Waals surface area contributed by atoms with Crippen molar-refractivity contribution < 1.29 is 19.4 Å². The smallest absolute Gasteiger partial charge is 0.334 e. The SMILES string of the molecule is O=C(O)C1CN(C(=O)c2cc3ccccc3c(=O)[nH]2)CCO1. The number of aromatic nitrogens is 1. The zero-order chi connectivity index (χ0) is 15.7. The number of nitrogens with zero attached hydrogens (tertiary/aromatic N) is 1. The highest BCUT2D eigenvalue weighted by Crippen LogP contribution is 2.13. The van der Waals surface area contributed by atoms with Gasteiger partial charge in [-0.2, -0.15) is 0 Å². The Hall–Kier alpha value is -2.67. The third-order valence-electron chi connectivity index (χ3n) is 3.61. The van der Waals surface area contributed by atoms with E-state index in [0.717, 1.165) is 0 Å². The van der Waals surface area contributed by atoms with Gasteiger partial charge in [-0.3, -0.25) is 9.59 Å². The summed E-state index contributed by atoms with van der Waals surface area (Å²) in [7, 11) is 0. The molecule has 0 aliphatic carbocycles. The molecular weight excluding hydrogens is 288 g/mol. The van der Waals surface area contributed by atoms with Gasteiger partial charge in [0.1, 0.15) is 5.69 Å². The highest BCUT2D eigenvalue weighted by atomic mass is 16.5. The molecule has 1 atom stereocenters. The molecule has 114 valence electrons. The van der Waals surface area contributed by atoms with Crippen LogP contribution in [0.1, 0.15) is 10.5 Å². The van der Waals surface area contributed by atoms with E-state index < -0.39 is 18.0 Å². The Kier molecular flexibility index (Phi) is 3.64. The fourth-order valence-corrected chi connectivity index (χ4v) is 2.48. The second-order valence-corrected chi connectivity index (χ2v) is 5.05. The number of carbonyl (C=O) groups excluding carboxylic acids is 1. The fourth-order valence-electron chi connectivity index (χ4n) is 2.48. The van der Waals surface area contributed by atoms with Crippen LogP contribution in [-0.2, 0) is 9.53 Å².